The van der Waals surface area contributed by atoms with Crippen LogP contribution in [0.15, 0.2) is 67.0 Å². The standard InChI is InChI=1S/C41H39Cl2F2N3O10/c42-31-18-47(54)19-32(43)29(31)16-28(25-7-10-35(57-40(44)45)36(15-25)55-21-23-5-6-23)26-8-9-27(39(51)52)38(50)30(26)17-48(33-3-1-2-4-34(33)56-22-49)41(53)58-37-20-46-13-11-24(37)12-14-46/h1-4,7-10,15,18-19,22-24,28,37,40,50H,5-6,11-14,16-17,20-21H2,(H,51,52)/t28-,37-/m0/s1. The maximum Gasteiger partial charge on any atom is 0.415 e. The molecule has 17 heteroatoms. The number of anilines is 1. The lowest BCUT2D eigenvalue weighted by molar-refractivity contribution is -0.605. The fourth-order valence-electron chi connectivity index (χ4n) is 7.67. The summed E-state index contributed by atoms with van der Waals surface area (Å²) in [6.45, 7) is -0.947. The summed E-state index contributed by atoms with van der Waals surface area (Å²) in [4.78, 5) is 41.9. The van der Waals surface area contributed by atoms with E-state index in [0.717, 1.165) is 56.1 Å². The summed E-state index contributed by atoms with van der Waals surface area (Å²) in [5.41, 5.74) is 0.517. The number of ether oxygens (including phenoxy) is 4. The number of amides is 1. The van der Waals surface area contributed by atoms with Gasteiger partial charge in [0.05, 0.1) is 18.8 Å². The van der Waals surface area contributed by atoms with Crippen molar-refractivity contribution in [3.8, 4) is 23.0 Å². The summed E-state index contributed by atoms with van der Waals surface area (Å²) in [7, 11) is 0. The van der Waals surface area contributed by atoms with Gasteiger partial charge < -0.3 is 34.4 Å². The van der Waals surface area contributed by atoms with Crippen molar-refractivity contribution in [2.45, 2.75) is 57.3 Å². The van der Waals surface area contributed by atoms with Gasteiger partial charge in [0.15, 0.2) is 29.6 Å². The van der Waals surface area contributed by atoms with E-state index in [1.54, 1.807) is 12.1 Å². The third kappa shape index (κ3) is 9.16. The fourth-order valence-corrected chi connectivity index (χ4v) is 8.27. The zero-order chi connectivity index (χ0) is 41.1. The van der Waals surface area contributed by atoms with E-state index in [2.05, 4.69) is 4.90 Å². The van der Waals surface area contributed by atoms with Gasteiger partial charge in [-0.2, -0.15) is 13.5 Å². The maximum atomic E-state index is 14.4. The highest BCUT2D eigenvalue weighted by atomic mass is 35.5. The average molecular weight is 843 g/mol. The third-order valence-electron chi connectivity index (χ3n) is 10.9. The summed E-state index contributed by atoms with van der Waals surface area (Å²) < 4.78 is 49.7. The molecule has 4 fully saturated rings. The monoisotopic (exact) mass is 841 g/mol. The van der Waals surface area contributed by atoms with E-state index in [0.29, 0.717) is 22.4 Å². The van der Waals surface area contributed by atoms with Gasteiger partial charge in [0.2, 0.25) is 0 Å². The van der Waals surface area contributed by atoms with Gasteiger partial charge in [0.25, 0.3) is 6.47 Å². The molecule has 1 saturated carbocycles. The predicted octanol–water partition coefficient (Wildman–Crippen LogP) is 7.57. The van der Waals surface area contributed by atoms with Gasteiger partial charge in [-0.05, 0) is 98.5 Å². The number of para-hydroxylation sites is 2. The van der Waals surface area contributed by atoms with Crippen LogP contribution in [0.1, 0.15) is 64.2 Å². The number of rotatable bonds is 16. The second-order valence-corrected chi connectivity index (χ2v) is 15.4. The van der Waals surface area contributed by atoms with Crippen molar-refractivity contribution in [2.24, 2.45) is 11.8 Å². The van der Waals surface area contributed by atoms with Crippen LogP contribution in [0.5, 0.6) is 23.0 Å². The van der Waals surface area contributed by atoms with E-state index in [-0.39, 0.29) is 75.4 Å². The molecule has 0 radical (unpaired) electrons. The van der Waals surface area contributed by atoms with Crippen molar-refractivity contribution in [1.29, 1.82) is 0 Å². The number of benzene rings is 3. The molecular formula is C41H39Cl2F2N3O10. The minimum atomic E-state index is -3.16. The molecule has 58 heavy (non-hydrogen) atoms. The Hall–Kier alpha value is -5.38. The van der Waals surface area contributed by atoms with Crippen LogP contribution in [0.25, 0.3) is 0 Å². The molecule has 1 amide bonds. The first-order valence-electron chi connectivity index (χ1n) is 18.7. The molecule has 0 spiro atoms. The number of phenols is 1. The van der Waals surface area contributed by atoms with Crippen LogP contribution in [0.4, 0.5) is 19.3 Å². The van der Waals surface area contributed by atoms with Crippen molar-refractivity contribution < 1.29 is 57.1 Å². The Bertz CT molecular complexity index is 2160. The summed E-state index contributed by atoms with van der Waals surface area (Å²) in [6, 6.07) is 13.1. The van der Waals surface area contributed by atoms with Gasteiger partial charge in [0.1, 0.15) is 27.5 Å². The number of carboxylic acids is 1. The van der Waals surface area contributed by atoms with E-state index in [1.165, 1.54) is 42.5 Å². The number of pyridine rings is 1. The smallest absolute Gasteiger partial charge is 0.415 e. The second kappa shape index (κ2) is 17.6. The van der Waals surface area contributed by atoms with Crippen LogP contribution in [-0.4, -0.2) is 72.6 Å². The first-order chi connectivity index (χ1) is 27.9. The predicted molar refractivity (Wildman–Crippen MR) is 206 cm³/mol. The number of aromatic carboxylic acids is 1. The van der Waals surface area contributed by atoms with Crippen LogP contribution < -0.4 is 23.8 Å². The van der Waals surface area contributed by atoms with Gasteiger partial charge in [0, 0.05) is 23.6 Å². The zero-order valence-corrected chi connectivity index (χ0v) is 32.4. The molecule has 4 aromatic rings. The number of nitrogens with zero attached hydrogens (tertiary/aromatic N) is 3. The molecule has 3 aromatic carbocycles. The minimum Gasteiger partial charge on any atom is -0.619 e. The largest absolute Gasteiger partial charge is 0.619 e. The highest BCUT2D eigenvalue weighted by Crippen LogP contribution is 2.44. The fraction of sp³-hybridized carbons (Fsp3) is 0.366. The molecular weight excluding hydrogens is 803 g/mol. The highest BCUT2D eigenvalue weighted by molar-refractivity contribution is 6.35. The van der Waals surface area contributed by atoms with Crippen molar-refractivity contribution >= 4 is 47.4 Å². The molecule has 3 aliphatic heterocycles. The van der Waals surface area contributed by atoms with Crippen LogP contribution in [-0.2, 0) is 22.5 Å². The summed E-state index contributed by atoms with van der Waals surface area (Å²) in [6.07, 6.45) is 4.31. The molecule has 306 valence electrons. The number of carbonyl (C=O) groups is 3. The molecule has 2 bridgehead atoms. The number of aromatic hydroxyl groups is 1. The lowest BCUT2D eigenvalue weighted by atomic mass is 9.82. The Morgan fingerprint density at radius 2 is 1.71 bits per heavy atom. The highest BCUT2D eigenvalue weighted by Gasteiger charge is 2.39. The topological polar surface area (TPSA) is 162 Å². The maximum absolute atomic E-state index is 14.4. The lowest BCUT2D eigenvalue weighted by Gasteiger charge is -2.44. The lowest BCUT2D eigenvalue weighted by Crippen LogP contribution is -2.53. The van der Waals surface area contributed by atoms with Crippen molar-refractivity contribution in [1.82, 2.24) is 4.90 Å². The molecule has 3 saturated heterocycles. The van der Waals surface area contributed by atoms with Crippen LogP contribution in [0.3, 0.4) is 0 Å². The van der Waals surface area contributed by atoms with Crippen LogP contribution in [0.2, 0.25) is 10.0 Å². The summed E-state index contributed by atoms with van der Waals surface area (Å²) in [5, 5.41) is 34.3. The number of piperidine rings is 3. The summed E-state index contributed by atoms with van der Waals surface area (Å²) in [5.74, 6) is -2.96. The molecule has 4 heterocycles. The Morgan fingerprint density at radius 1 is 0.983 bits per heavy atom. The van der Waals surface area contributed by atoms with E-state index >= 15 is 0 Å². The van der Waals surface area contributed by atoms with E-state index in [9.17, 15) is 38.6 Å². The number of aromatic nitrogens is 1. The average Bonchev–Trinajstić information content (AvgIpc) is 4.02. The molecule has 2 N–H and O–H groups in total. The molecule has 8 rings (SSSR count). The normalized spacial score (nSPS) is 19.0. The van der Waals surface area contributed by atoms with Crippen molar-refractivity contribution in [2.75, 3.05) is 31.1 Å². The van der Waals surface area contributed by atoms with E-state index in [1.807, 2.05) is 0 Å². The number of halogens is 4. The van der Waals surface area contributed by atoms with Crippen molar-refractivity contribution in [3.05, 3.63) is 110 Å². The van der Waals surface area contributed by atoms with Gasteiger partial charge >= 0.3 is 18.7 Å². The summed E-state index contributed by atoms with van der Waals surface area (Å²) >= 11 is 13.2. The van der Waals surface area contributed by atoms with Crippen LogP contribution in [0, 0.1) is 17.0 Å². The van der Waals surface area contributed by atoms with Crippen LogP contribution >= 0.6 is 23.2 Å². The molecule has 0 unspecified atom stereocenters. The van der Waals surface area contributed by atoms with Gasteiger partial charge in [-0.25, -0.2) is 9.59 Å². The van der Waals surface area contributed by atoms with Gasteiger partial charge in [-0.15, -0.1) is 0 Å². The number of carboxylic acid groups (broad SMARTS) is 1. The quantitative estimate of drug-likeness (QED) is 0.0651. The molecule has 2 atom stereocenters. The van der Waals surface area contributed by atoms with E-state index < -0.39 is 48.6 Å². The minimum absolute atomic E-state index is 0.00736. The van der Waals surface area contributed by atoms with Crippen molar-refractivity contribution in [3.63, 3.8) is 0 Å². The third-order valence-corrected chi connectivity index (χ3v) is 11.5. The van der Waals surface area contributed by atoms with Gasteiger partial charge in [-0.3, -0.25) is 14.6 Å². The Morgan fingerprint density at radius 3 is 2.34 bits per heavy atom. The van der Waals surface area contributed by atoms with Gasteiger partial charge in [-0.1, -0.05) is 47.5 Å². The Balaban J connectivity index is 1.39. The first-order valence-corrected chi connectivity index (χ1v) is 19.4. The SMILES string of the molecule is O=COc1ccccc1N(Cc1c([C@@H](Cc2c(Cl)c[n+]([O-])cc2Cl)c2ccc(OC(F)F)c(OCC3CC3)c2)ccc(C(=O)O)c1O)C(=O)O[C@H]1CN2CCC1CC2. The first kappa shape index (κ1) is 40.8. The number of hydrogen-bond acceptors (Lipinski definition) is 10. The molecule has 13 nitrogen and oxygen atoms in total. The number of hydrogen-bond donors (Lipinski definition) is 2. The molecule has 4 aliphatic rings. The Labute approximate surface area is 341 Å². The second-order valence-electron chi connectivity index (χ2n) is 14.6. The number of fused-ring (bicyclic) bond motifs is 3. The number of alkyl halides is 2. The number of carbonyl (C=O) groups excluding carboxylic acids is 2. The molecule has 1 aromatic heterocycles. The molecule has 1 aliphatic carbocycles. The van der Waals surface area contributed by atoms with E-state index in [4.69, 9.17) is 42.1 Å². The zero-order valence-electron chi connectivity index (χ0n) is 30.9. The Kier molecular flexibility index (Phi) is 12.4.